The third-order valence-electron chi connectivity index (χ3n) is 2.28. The van der Waals surface area contributed by atoms with Crippen LogP contribution in [0, 0.1) is 3.57 Å². The molecule has 1 aromatic rings. The highest BCUT2D eigenvalue weighted by atomic mass is 127. The van der Waals surface area contributed by atoms with Gasteiger partial charge >= 0.3 is 0 Å². The van der Waals surface area contributed by atoms with Gasteiger partial charge in [0.2, 0.25) is 0 Å². The molecule has 0 amide bonds. The van der Waals surface area contributed by atoms with E-state index < -0.39 is 0 Å². The van der Waals surface area contributed by atoms with Crippen molar-refractivity contribution in [2.45, 2.75) is 46.4 Å². The fourth-order valence-corrected chi connectivity index (χ4v) is 1.70. The van der Waals surface area contributed by atoms with Gasteiger partial charge in [-0.3, -0.25) is 4.68 Å². The first-order chi connectivity index (χ1) is 6.69. The molecule has 80 valence electrons. The Morgan fingerprint density at radius 1 is 1.57 bits per heavy atom. The van der Waals surface area contributed by atoms with Gasteiger partial charge < -0.3 is 4.74 Å². The van der Waals surface area contributed by atoms with E-state index in [4.69, 9.17) is 4.74 Å². The summed E-state index contributed by atoms with van der Waals surface area (Å²) < 4.78 is 8.87. The number of hydrogen-bond acceptors (Lipinski definition) is 2. The van der Waals surface area contributed by atoms with Crippen molar-refractivity contribution < 1.29 is 4.74 Å². The summed E-state index contributed by atoms with van der Waals surface area (Å²) in [7, 11) is 0. The van der Waals surface area contributed by atoms with Crippen LogP contribution in [0.5, 0.6) is 0 Å². The average Bonchev–Trinajstić information content (AvgIpc) is 2.55. The minimum Gasteiger partial charge on any atom is -0.372 e. The molecule has 0 fully saturated rings. The number of hydrogen-bond donors (Lipinski definition) is 0. The van der Waals surface area contributed by atoms with Crippen molar-refractivity contribution in [3.8, 4) is 0 Å². The van der Waals surface area contributed by atoms with Gasteiger partial charge in [-0.25, -0.2) is 0 Å². The van der Waals surface area contributed by atoms with Gasteiger partial charge in [-0.15, -0.1) is 0 Å². The number of ether oxygens (including phenoxy) is 1. The first-order valence-electron chi connectivity index (χ1n) is 5.00. The molecule has 4 heteroatoms. The molecule has 0 N–H and O–H groups in total. The van der Waals surface area contributed by atoms with E-state index in [0.29, 0.717) is 12.7 Å². The zero-order valence-electron chi connectivity index (χ0n) is 8.96. The zero-order chi connectivity index (χ0) is 10.6. The van der Waals surface area contributed by atoms with Crippen LogP contribution in [-0.4, -0.2) is 15.9 Å². The highest BCUT2D eigenvalue weighted by molar-refractivity contribution is 14.1. The first-order valence-corrected chi connectivity index (χ1v) is 6.08. The van der Waals surface area contributed by atoms with Gasteiger partial charge in [-0.2, -0.15) is 5.10 Å². The molecule has 0 bridgehead atoms. The second-order valence-corrected chi connectivity index (χ2v) is 4.45. The van der Waals surface area contributed by atoms with Crippen molar-refractivity contribution >= 4 is 22.6 Å². The lowest BCUT2D eigenvalue weighted by atomic mass is 10.3. The Kier molecular flexibility index (Phi) is 4.88. The van der Waals surface area contributed by atoms with Gasteiger partial charge in [0.1, 0.15) is 0 Å². The molecule has 0 unspecified atom stereocenters. The molecule has 1 heterocycles. The highest BCUT2D eigenvalue weighted by Crippen LogP contribution is 2.13. The normalized spacial score (nSPS) is 13.1. The third-order valence-corrected chi connectivity index (χ3v) is 3.18. The van der Waals surface area contributed by atoms with Crippen LogP contribution in [0.2, 0.25) is 0 Å². The van der Waals surface area contributed by atoms with Crippen LogP contribution in [0.3, 0.4) is 0 Å². The topological polar surface area (TPSA) is 27.1 Å². The first kappa shape index (κ1) is 12.0. The number of nitrogens with zero attached hydrogens (tertiary/aromatic N) is 2. The van der Waals surface area contributed by atoms with Gasteiger partial charge in [0.25, 0.3) is 0 Å². The zero-order valence-corrected chi connectivity index (χ0v) is 11.1. The number of rotatable bonds is 5. The van der Waals surface area contributed by atoms with E-state index in [0.717, 1.165) is 13.0 Å². The van der Waals surface area contributed by atoms with Crippen LogP contribution >= 0.6 is 22.6 Å². The molecular formula is C10H17IN2O. The number of aromatic nitrogens is 2. The smallest absolute Gasteiger partial charge is 0.0899 e. The molecule has 1 aromatic heterocycles. The average molecular weight is 308 g/mol. The molecule has 0 spiro atoms. The van der Waals surface area contributed by atoms with E-state index in [1.54, 1.807) is 0 Å². The van der Waals surface area contributed by atoms with Crippen LogP contribution in [0.1, 0.15) is 32.9 Å². The van der Waals surface area contributed by atoms with Gasteiger partial charge in [-0.1, -0.05) is 6.92 Å². The summed E-state index contributed by atoms with van der Waals surface area (Å²) in [6.45, 7) is 7.89. The summed E-state index contributed by atoms with van der Waals surface area (Å²) in [5.41, 5.74) is 1.19. The van der Waals surface area contributed by atoms with Crippen LogP contribution in [0.25, 0.3) is 0 Å². The van der Waals surface area contributed by atoms with Crippen LogP contribution in [-0.2, 0) is 17.9 Å². The van der Waals surface area contributed by atoms with Crippen molar-refractivity contribution in [2.75, 3.05) is 0 Å². The van der Waals surface area contributed by atoms with Crippen molar-refractivity contribution in [1.29, 1.82) is 0 Å². The summed E-state index contributed by atoms with van der Waals surface area (Å²) >= 11 is 2.30. The second kappa shape index (κ2) is 5.70. The summed E-state index contributed by atoms with van der Waals surface area (Å²) in [4.78, 5) is 0. The van der Waals surface area contributed by atoms with E-state index >= 15 is 0 Å². The Morgan fingerprint density at radius 3 is 2.86 bits per heavy atom. The molecule has 0 aliphatic carbocycles. The molecule has 0 radical (unpaired) electrons. The van der Waals surface area contributed by atoms with Crippen LogP contribution < -0.4 is 0 Å². The van der Waals surface area contributed by atoms with Gasteiger partial charge in [0, 0.05) is 6.54 Å². The number of halogens is 1. The quantitative estimate of drug-likeness (QED) is 0.782. The fourth-order valence-electron chi connectivity index (χ4n) is 1.14. The lowest BCUT2D eigenvalue weighted by Gasteiger charge is -2.11. The lowest BCUT2D eigenvalue weighted by Crippen LogP contribution is -2.11. The number of aryl methyl sites for hydroxylation is 1. The minimum atomic E-state index is 0.325. The molecule has 0 aromatic carbocycles. The van der Waals surface area contributed by atoms with Crippen molar-refractivity contribution in [3.63, 3.8) is 0 Å². The van der Waals surface area contributed by atoms with E-state index in [-0.39, 0.29) is 0 Å². The van der Waals surface area contributed by atoms with Crippen molar-refractivity contribution in [1.82, 2.24) is 9.78 Å². The SMILES string of the molecule is CC[C@@H](C)OCc1c(I)cnn1CC. The maximum Gasteiger partial charge on any atom is 0.0899 e. The molecule has 14 heavy (non-hydrogen) atoms. The predicted octanol–water partition coefficient (Wildman–Crippen LogP) is 2.82. The van der Waals surface area contributed by atoms with Gasteiger partial charge in [-0.05, 0) is 42.9 Å². The highest BCUT2D eigenvalue weighted by Gasteiger charge is 2.08. The van der Waals surface area contributed by atoms with E-state index in [9.17, 15) is 0 Å². The molecular weight excluding hydrogens is 291 g/mol. The Morgan fingerprint density at radius 2 is 2.29 bits per heavy atom. The maximum absolute atomic E-state index is 5.69. The van der Waals surface area contributed by atoms with Crippen LogP contribution in [0.4, 0.5) is 0 Å². The molecule has 0 saturated heterocycles. The van der Waals surface area contributed by atoms with Crippen LogP contribution in [0.15, 0.2) is 6.20 Å². The molecule has 0 aliphatic rings. The lowest BCUT2D eigenvalue weighted by molar-refractivity contribution is 0.0463. The second-order valence-electron chi connectivity index (χ2n) is 3.28. The molecule has 1 atom stereocenters. The molecule has 0 saturated carbocycles. The van der Waals surface area contributed by atoms with E-state index in [1.165, 1.54) is 9.26 Å². The summed E-state index contributed by atoms with van der Waals surface area (Å²) in [6.07, 6.45) is 3.27. The summed E-state index contributed by atoms with van der Waals surface area (Å²) in [5, 5.41) is 4.27. The predicted molar refractivity (Wildman–Crippen MR) is 65.2 cm³/mol. The van der Waals surface area contributed by atoms with E-state index in [2.05, 4.69) is 48.5 Å². The largest absolute Gasteiger partial charge is 0.372 e. The summed E-state index contributed by atoms with van der Waals surface area (Å²) in [5.74, 6) is 0. The van der Waals surface area contributed by atoms with Gasteiger partial charge in [0.05, 0.1) is 28.2 Å². The Hall–Kier alpha value is -0.100. The molecule has 3 nitrogen and oxygen atoms in total. The minimum absolute atomic E-state index is 0.325. The van der Waals surface area contributed by atoms with E-state index in [1.807, 2.05) is 10.9 Å². The standard InChI is InChI=1S/C10H17IN2O/c1-4-8(3)14-7-10-9(11)6-12-13(10)5-2/h6,8H,4-5,7H2,1-3H3/t8-/m1/s1. The van der Waals surface area contributed by atoms with Crippen molar-refractivity contribution in [3.05, 3.63) is 15.5 Å². The summed E-state index contributed by atoms with van der Waals surface area (Å²) in [6, 6.07) is 0. The fraction of sp³-hybridized carbons (Fsp3) is 0.700. The Labute approximate surface area is 99.0 Å². The molecule has 0 aliphatic heterocycles. The molecule has 1 rings (SSSR count). The Balaban J connectivity index is 2.60. The van der Waals surface area contributed by atoms with Crippen molar-refractivity contribution in [2.24, 2.45) is 0 Å². The Bertz CT molecular complexity index is 286. The maximum atomic E-state index is 5.69. The monoisotopic (exact) mass is 308 g/mol. The van der Waals surface area contributed by atoms with Gasteiger partial charge in [0.15, 0.2) is 0 Å². The third kappa shape index (κ3) is 2.95.